The molecule has 2 aliphatic rings. The van der Waals surface area contributed by atoms with E-state index in [1.54, 1.807) is 0 Å². The predicted molar refractivity (Wildman–Crippen MR) is 77.7 cm³/mol. The van der Waals surface area contributed by atoms with Crippen LogP contribution in [0.15, 0.2) is 10.3 Å². The van der Waals surface area contributed by atoms with Crippen molar-refractivity contribution < 1.29 is 14.6 Å². The normalized spacial score (nSPS) is 31.1. The Morgan fingerprint density at radius 1 is 1.39 bits per heavy atom. The van der Waals surface area contributed by atoms with Crippen LogP contribution in [0.1, 0.15) is 27.2 Å². The second-order valence-electron chi connectivity index (χ2n) is 5.25. The molecule has 3 atom stereocenters. The average Bonchev–Trinajstić information content (AvgIpc) is 2.70. The molecule has 104 valence electrons. The number of thioether (sulfide) groups is 2. The van der Waals surface area contributed by atoms with Gasteiger partial charge in [-0.05, 0) is 31.8 Å². The maximum atomic E-state index is 10.3. The number of aliphatic hydroxyl groups excluding tert-OH is 1. The largest absolute Gasteiger partial charge is 0.390 e. The van der Waals surface area contributed by atoms with Crippen LogP contribution in [0.25, 0.3) is 0 Å². The fraction of sp³-hybridized carbons (Fsp3) is 0.846. The highest BCUT2D eigenvalue weighted by molar-refractivity contribution is 8.22. The summed E-state index contributed by atoms with van der Waals surface area (Å²) in [6.07, 6.45) is 2.73. The van der Waals surface area contributed by atoms with E-state index in [0.717, 1.165) is 0 Å². The maximum Gasteiger partial charge on any atom is 0.163 e. The van der Waals surface area contributed by atoms with Crippen molar-refractivity contribution >= 4 is 23.5 Å². The molecular formula is C13H22O3S2. The molecule has 2 fully saturated rings. The lowest BCUT2D eigenvalue weighted by Gasteiger charge is -2.24. The molecule has 0 aromatic carbocycles. The summed E-state index contributed by atoms with van der Waals surface area (Å²) in [5, 5.41) is 10.3. The molecule has 5 heteroatoms. The van der Waals surface area contributed by atoms with Crippen LogP contribution < -0.4 is 0 Å². The molecule has 0 saturated carbocycles. The quantitative estimate of drug-likeness (QED) is 0.865. The summed E-state index contributed by atoms with van der Waals surface area (Å²) >= 11 is 3.78. The average molecular weight is 290 g/mol. The van der Waals surface area contributed by atoms with Gasteiger partial charge in [0.1, 0.15) is 6.10 Å². The number of hydrogen-bond acceptors (Lipinski definition) is 5. The van der Waals surface area contributed by atoms with E-state index in [1.807, 2.05) is 44.3 Å². The van der Waals surface area contributed by atoms with Crippen LogP contribution in [-0.4, -0.2) is 41.2 Å². The molecule has 0 unspecified atom stereocenters. The molecule has 0 radical (unpaired) electrons. The van der Waals surface area contributed by atoms with Crippen molar-refractivity contribution in [1.82, 2.24) is 0 Å². The first kappa shape index (κ1) is 14.7. The fourth-order valence-electron chi connectivity index (χ4n) is 2.08. The first-order valence-corrected chi connectivity index (χ1v) is 8.42. The molecule has 0 aromatic heterocycles. The maximum absolute atomic E-state index is 10.3. The molecule has 0 spiro atoms. The van der Waals surface area contributed by atoms with Crippen molar-refractivity contribution in [3.05, 3.63) is 10.3 Å². The fourth-order valence-corrected chi connectivity index (χ4v) is 4.70. The van der Waals surface area contributed by atoms with Gasteiger partial charge < -0.3 is 14.6 Å². The Bertz CT molecular complexity index is 309. The number of aliphatic hydroxyl groups is 1. The first-order chi connectivity index (χ1) is 8.48. The Labute approximate surface area is 118 Å². The summed E-state index contributed by atoms with van der Waals surface area (Å²) < 4.78 is 12.5. The van der Waals surface area contributed by atoms with E-state index in [0.29, 0.717) is 6.61 Å². The molecule has 1 N–H and O–H groups in total. The molecule has 2 rings (SSSR count). The summed E-state index contributed by atoms with van der Waals surface area (Å²) in [6, 6.07) is 0. The molecule has 0 aromatic rings. The van der Waals surface area contributed by atoms with Gasteiger partial charge in [0.25, 0.3) is 0 Å². The lowest BCUT2D eigenvalue weighted by Crippen LogP contribution is -2.34. The van der Waals surface area contributed by atoms with Crippen molar-refractivity contribution in [3.8, 4) is 0 Å². The van der Waals surface area contributed by atoms with E-state index in [-0.39, 0.29) is 12.0 Å². The van der Waals surface area contributed by atoms with E-state index >= 15 is 0 Å². The summed E-state index contributed by atoms with van der Waals surface area (Å²) in [7, 11) is 0. The zero-order valence-corrected chi connectivity index (χ0v) is 12.9. The smallest absolute Gasteiger partial charge is 0.163 e. The summed E-state index contributed by atoms with van der Waals surface area (Å²) in [6.45, 7) is 6.29. The van der Waals surface area contributed by atoms with Gasteiger partial charge >= 0.3 is 0 Å². The predicted octanol–water partition coefficient (Wildman–Crippen LogP) is 2.85. The molecule has 2 aliphatic heterocycles. The van der Waals surface area contributed by atoms with E-state index in [2.05, 4.69) is 6.08 Å². The van der Waals surface area contributed by atoms with E-state index in [4.69, 9.17) is 9.47 Å². The lowest BCUT2D eigenvalue weighted by molar-refractivity contribution is -0.153. The van der Waals surface area contributed by atoms with Gasteiger partial charge in [0, 0.05) is 10.2 Å². The third-order valence-corrected chi connectivity index (χ3v) is 5.66. The monoisotopic (exact) mass is 290 g/mol. The van der Waals surface area contributed by atoms with E-state index in [1.165, 1.54) is 22.2 Å². The number of rotatable bonds is 3. The van der Waals surface area contributed by atoms with Crippen LogP contribution in [0.2, 0.25) is 0 Å². The highest BCUT2D eigenvalue weighted by atomic mass is 32.2. The third kappa shape index (κ3) is 3.90. The Morgan fingerprint density at radius 2 is 2.06 bits per heavy atom. The molecule has 0 amide bonds. The zero-order chi connectivity index (χ0) is 13.2. The highest BCUT2D eigenvalue weighted by Crippen LogP contribution is 2.36. The van der Waals surface area contributed by atoms with E-state index < -0.39 is 11.9 Å². The molecule has 2 saturated heterocycles. The van der Waals surface area contributed by atoms with Crippen LogP contribution in [0.5, 0.6) is 0 Å². The number of ether oxygens (including phenoxy) is 2. The van der Waals surface area contributed by atoms with Gasteiger partial charge in [-0.3, -0.25) is 0 Å². The zero-order valence-electron chi connectivity index (χ0n) is 11.2. The van der Waals surface area contributed by atoms with Crippen LogP contribution in [0.4, 0.5) is 0 Å². The summed E-state index contributed by atoms with van der Waals surface area (Å²) in [5.74, 6) is 1.92. The van der Waals surface area contributed by atoms with Gasteiger partial charge in [-0.25, -0.2) is 0 Å². The molecule has 0 bridgehead atoms. The lowest BCUT2D eigenvalue weighted by atomic mass is 10.0. The minimum Gasteiger partial charge on any atom is -0.390 e. The molecular weight excluding hydrogens is 268 g/mol. The van der Waals surface area contributed by atoms with Crippen molar-refractivity contribution in [1.29, 1.82) is 0 Å². The Morgan fingerprint density at radius 3 is 2.61 bits per heavy atom. The molecule has 2 heterocycles. The second-order valence-corrected chi connectivity index (χ2v) is 7.78. The topological polar surface area (TPSA) is 38.7 Å². The number of hydrogen-bond donors (Lipinski definition) is 1. The highest BCUT2D eigenvalue weighted by Gasteiger charge is 2.38. The summed E-state index contributed by atoms with van der Waals surface area (Å²) in [4.78, 5) is 0. The minimum atomic E-state index is -0.563. The van der Waals surface area contributed by atoms with Crippen molar-refractivity contribution in [2.24, 2.45) is 5.92 Å². The molecule has 18 heavy (non-hydrogen) atoms. The Balaban J connectivity index is 1.90. The SMILES string of the molecule is C[C@@H](C=C1SCCCS1)[C@H](O)[C@H]1COC(C)(C)O1. The third-order valence-electron chi connectivity index (χ3n) is 3.13. The van der Waals surface area contributed by atoms with Gasteiger partial charge in [0.05, 0.1) is 12.7 Å². The van der Waals surface area contributed by atoms with Gasteiger partial charge in [-0.15, -0.1) is 23.5 Å². The van der Waals surface area contributed by atoms with Crippen LogP contribution in [-0.2, 0) is 9.47 Å². The van der Waals surface area contributed by atoms with Crippen molar-refractivity contribution in [2.75, 3.05) is 18.1 Å². The molecule has 0 aliphatic carbocycles. The van der Waals surface area contributed by atoms with Crippen molar-refractivity contribution in [2.45, 2.75) is 45.2 Å². The van der Waals surface area contributed by atoms with E-state index in [9.17, 15) is 5.11 Å². The van der Waals surface area contributed by atoms with Gasteiger partial charge in [0.15, 0.2) is 5.79 Å². The van der Waals surface area contributed by atoms with Crippen LogP contribution in [0, 0.1) is 5.92 Å². The van der Waals surface area contributed by atoms with Gasteiger partial charge in [-0.2, -0.15) is 0 Å². The van der Waals surface area contributed by atoms with Crippen LogP contribution in [0.3, 0.4) is 0 Å². The Kier molecular flexibility index (Phi) is 5.06. The van der Waals surface area contributed by atoms with Crippen molar-refractivity contribution in [3.63, 3.8) is 0 Å². The van der Waals surface area contributed by atoms with Gasteiger partial charge in [0.2, 0.25) is 0 Å². The molecule has 3 nitrogen and oxygen atoms in total. The van der Waals surface area contributed by atoms with Gasteiger partial charge in [-0.1, -0.05) is 13.0 Å². The standard InChI is InChI=1S/C13H22O3S2/c1-9(7-11-17-5-4-6-18-11)12(14)10-8-15-13(2,3)16-10/h7,9-10,12,14H,4-6,8H2,1-3H3/t9-,10+,12-/m0/s1. The Hall–Kier alpha value is 0.320. The summed E-state index contributed by atoms with van der Waals surface area (Å²) in [5.41, 5.74) is 0. The minimum absolute atomic E-state index is 0.0978. The second kappa shape index (κ2) is 6.18. The van der Waals surface area contributed by atoms with Crippen LogP contribution >= 0.6 is 23.5 Å². The first-order valence-electron chi connectivity index (χ1n) is 6.45.